The van der Waals surface area contributed by atoms with Gasteiger partial charge in [-0.1, -0.05) is 18.2 Å². The predicted octanol–water partition coefficient (Wildman–Crippen LogP) is 0.634. The monoisotopic (exact) mass is 288 g/mol. The zero-order valence-corrected chi connectivity index (χ0v) is 11.2. The van der Waals surface area contributed by atoms with E-state index in [2.05, 4.69) is 20.6 Å². The summed E-state index contributed by atoms with van der Waals surface area (Å²) in [6, 6.07) is 8.21. The van der Waals surface area contributed by atoms with Crippen molar-refractivity contribution in [3.05, 3.63) is 48.5 Å². The highest BCUT2D eigenvalue weighted by Gasteiger charge is 2.20. The van der Waals surface area contributed by atoms with Crippen LogP contribution in [0.1, 0.15) is 5.69 Å². The molecule has 0 aliphatic carbocycles. The highest BCUT2D eigenvalue weighted by Crippen LogP contribution is 2.04. The van der Waals surface area contributed by atoms with Gasteiger partial charge in [0.2, 0.25) is 5.91 Å². The van der Waals surface area contributed by atoms with E-state index in [0.29, 0.717) is 5.69 Å². The molecule has 1 atom stereocenters. The van der Waals surface area contributed by atoms with E-state index in [1.165, 1.54) is 6.33 Å². The van der Waals surface area contributed by atoms with Gasteiger partial charge in [0.05, 0.1) is 18.6 Å². The fourth-order valence-electron chi connectivity index (χ4n) is 1.80. The molecule has 1 heterocycles. The summed E-state index contributed by atoms with van der Waals surface area (Å²) in [6.07, 6.45) is 3.20. The van der Waals surface area contributed by atoms with Crippen LogP contribution >= 0.6 is 0 Å². The fraction of sp³-hybridized carbons (Fsp3) is 0.214. The summed E-state index contributed by atoms with van der Waals surface area (Å²) in [5.74, 6) is -1.48. The largest absolute Gasteiger partial charge is 0.480 e. The van der Waals surface area contributed by atoms with Crippen molar-refractivity contribution >= 4 is 17.6 Å². The number of carbonyl (C=O) groups excluding carboxylic acids is 1. The SMILES string of the molecule is O=C(CNc1ccccc1)N[C@H](Cc1c[nH]cn1)C(=O)O. The molecule has 2 rings (SSSR count). The molecule has 0 bridgehead atoms. The van der Waals surface area contributed by atoms with Crippen molar-refractivity contribution in [1.29, 1.82) is 0 Å². The number of carbonyl (C=O) groups is 2. The van der Waals surface area contributed by atoms with E-state index in [-0.39, 0.29) is 18.9 Å². The first kappa shape index (κ1) is 14.6. The number of carboxylic acid groups (broad SMARTS) is 1. The molecule has 21 heavy (non-hydrogen) atoms. The number of rotatable bonds is 7. The summed E-state index contributed by atoms with van der Waals surface area (Å²) in [5, 5.41) is 14.5. The molecule has 2 aromatic rings. The zero-order chi connectivity index (χ0) is 15.1. The molecular formula is C14H16N4O3. The Kier molecular flexibility index (Phi) is 4.92. The molecular weight excluding hydrogens is 272 g/mol. The number of aromatic amines is 1. The van der Waals surface area contributed by atoms with Crippen molar-refractivity contribution < 1.29 is 14.7 Å². The highest BCUT2D eigenvalue weighted by molar-refractivity contribution is 5.86. The minimum atomic E-state index is -1.09. The number of amides is 1. The van der Waals surface area contributed by atoms with Crippen LogP contribution in [0.3, 0.4) is 0 Å². The van der Waals surface area contributed by atoms with E-state index in [1.54, 1.807) is 6.20 Å². The molecule has 0 unspecified atom stereocenters. The Hall–Kier alpha value is -2.83. The van der Waals surface area contributed by atoms with Crippen LogP contribution in [-0.2, 0) is 16.0 Å². The highest BCUT2D eigenvalue weighted by atomic mass is 16.4. The van der Waals surface area contributed by atoms with E-state index < -0.39 is 12.0 Å². The van der Waals surface area contributed by atoms with Gasteiger partial charge in [0.1, 0.15) is 6.04 Å². The average molecular weight is 288 g/mol. The number of nitrogens with one attached hydrogen (secondary N) is 3. The summed E-state index contributed by atoms with van der Waals surface area (Å²) in [6.45, 7) is 0.00829. The first-order chi connectivity index (χ1) is 10.1. The van der Waals surface area contributed by atoms with Gasteiger partial charge in [0.25, 0.3) is 0 Å². The number of H-pyrrole nitrogens is 1. The normalized spacial score (nSPS) is 11.6. The summed E-state index contributed by atoms with van der Waals surface area (Å²) in [5.41, 5.74) is 1.38. The first-order valence-corrected chi connectivity index (χ1v) is 6.44. The van der Waals surface area contributed by atoms with E-state index >= 15 is 0 Å². The van der Waals surface area contributed by atoms with Gasteiger partial charge in [-0.15, -0.1) is 0 Å². The smallest absolute Gasteiger partial charge is 0.326 e. The van der Waals surface area contributed by atoms with E-state index in [0.717, 1.165) is 5.69 Å². The molecule has 0 spiro atoms. The summed E-state index contributed by atoms with van der Waals surface area (Å²) in [4.78, 5) is 29.7. The minimum Gasteiger partial charge on any atom is -0.480 e. The lowest BCUT2D eigenvalue weighted by Crippen LogP contribution is -2.44. The van der Waals surface area contributed by atoms with Crippen LogP contribution < -0.4 is 10.6 Å². The van der Waals surface area contributed by atoms with Gasteiger partial charge in [-0.3, -0.25) is 4.79 Å². The quantitative estimate of drug-likeness (QED) is 0.598. The third-order valence-electron chi connectivity index (χ3n) is 2.83. The Morgan fingerprint density at radius 2 is 2.05 bits per heavy atom. The number of imidazole rings is 1. The third-order valence-corrected chi connectivity index (χ3v) is 2.83. The van der Waals surface area contributed by atoms with Gasteiger partial charge >= 0.3 is 5.97 Å². The molecule has 0 aliphatic heterocycles. The first-order valence-electron chi connectivity index (χ1n) is 6.44. The van der Waals surface area contributed by atoms with Crippen molar-refractivity contribution in [3.8, 4) is 0 Å². The van der Waals surface area contributed by atoms with Gasteiger partial charge in [-0.2, -0.15) is 0 Å². The number of anilines is 1. The molecule has 4 N–H and O–H groups in total. The minimum absolute atomic E-state index is 0.00829. The van der Waals surface area contributed by atoms with Crippen molar-refractivity contribution in [2.75, 3.05) is 11.9 Å². The molecule has 1 aromatic heterocycles. The van der Waals surface area contributed by atoms with Crippen LogP contribution in [0.2, 0.25) is 0 Å². The standard InChI is InChI=1S/C14H16N4O3/c19-13(8-16-10-4-2-1-3-5-10)18-12(14(20)21)6-11-7-15-9-17-11/h1-5,7,9,12,16H,6,8H2,(H,15,17)(H,18,19)(H,20,21)/t12-/m1/s1. The molecule has 110 valence electrons. The number of nitrogens with zero attached hydrogens (tertiary/aromatic N) is 1. The van der Waals surface area contributed by atoms with Gasteiger partial charge in [-0.25, -0.2) is 9.78 Å². The van der Waals surface area contributed by atoms with Crippen LogP contribution in [0.25, 0.3) is 0 Å². The van der Waals surface area contributed by atoms with Gasteiger partial charge in [0.15, 0.2) is 0 Å². The van der Waals surface area contributed by atoms with Crippen molar-refractivity contribution in [3.63, 3.8) is 0 Å². The molecule has 7 heteroatoms. The van der Waals surface area contributed by atoms with Crippen LogP contribution in [0.15, 0.2) is 42.9 Å². The molecule has 1 amide bonds. The van der Waals surface area contributed by atoms with E-state index in [4.69, 9.17) is 5.11 Å². The fourth-order valence-corrected chi connectivity index (χ4v) is 1.80. The lowest BCUT2D eigenvalue weighted by Gasteiger charge is -2.14. The summed E-state index contributed by atoms with van der Waals surface area (Å²) in [7, 11) is 0. The number of para-hydroxylation sites is 1. The second kappa shape index (κ2) is 7.09. The molecule has 0 saturated heterocycles. The lowest BCUT2D eigenvalue weighted by molar-refractivity contribution is -0.141. The van der Waals surface area contributed by atoms with Crippen LogP contribution in [0, 0.1) is 0 Å². The summed E-state index contributed by atoms with van der Waals surface area (Å²) >= 11 is 0. The molecule has 7 nitrogen and oxygen atoms in total. The Balaban J connectivity index is 1.85. The molecule has 0 aliphatic rings. The molecule has 0 radical (unpaired) electrons. The number of benzene rings is 1. The van der Waals surface area contributed by atoms with Gasteiger partial charge in [0, 0.05) is 18.3 Å². The van der Waals surface area contributed by atoms with Crippen LogP contribution in [-0.4, -0.2) is 39.5 Å². The van der Waals surface area contributed by atoms with Crippen molar-refractivity contribution in [1.82, 2.24) is 15.3 Å². The maximum atomic E-state index is 11.8. The Labute approximate surface area is 121 Å². The van der Waals surface area contributed by atoms with Crippen LogP contribution in [0.4, 0.5) is 5.69 Å². The lowest BCUT2D eigenvalue weighted by atomic mass is 10.1. The number of carboxylic acids is 1. The van der Waals surface area contributed by atoms with Gasteiger partial charge in [-0.05, 0) is 12.1 Å². The topological polar surface area (TPSA) is 107 Å². The molecule has 1 aromatic carbocycles. The maximum absolute atomic E-state index is 11.8. The van der Waals surface area contributed by atoms with E-state index in [1.807, 2.05) is 30.3 Å². The zero-order valence-electron chi connectivity index (χ0n) is 11.2. The molecule has 0 fully saturated rings. The number of hydrogen-bond acceptors (Lipinski definition) is 4. The van der Waals surface area contributed by atoms with Crippen molar-refractivity contribution in [2.24, 2.45) is 0 Å². The second-order valence-corrected chi connectivity index (χ2v) is 4.44. The third kappa shape index (κ3) is 4.64. The second-order valence-electron chi connectivity index (χ2n) is 4.44. The summed E-state index contributed by atoms with van der Waals surface area (Å²) < 4.78 is 0. The van der Waals surface area contributed by atoms with E-state index in [9.17, 15) is 9.59 Å². The van der Waals surface area contributed by atoms with Crippen LogP contribution in [0.5, 0.6) is 0 Å². The Morgan fingerprint density at radius 3 is 2.67 bits per heavy atom. The Morgan fingerprint density at radius 1 is 1.29 bits per heavy atom. The van der Waals surface area contributed by atoms with Crippen molar-refractivity contribution in [2.45, 2.75) is 12.5 Å². The number of aliphatic carboxylic acids is 1. The number of aromatic nitrogens is 2. The molecule has 0 saturated carbocycles. The predicted molar refractivity (Wildman–Crippen MR) is 76.8 cm³/mol. The van der Waals surface area contributed by atoms with Gasteiger partial charge < -0.3 is 20.7 Å². The average Bonchev–Trinajstić information content (AvgIpc) is 2.98. The maximum Gasteiger partial charge on any atom is 0.326 e. The number of hydrogen-bond donors (Lipinski definition) is 4. The Bertz CT molecular complexity index is 584.